The first-order chi connectivity index (χ1) is 12.8. The van der Waals surface area contributed by atoms with E-state index in [9.17, 15) is 0 Å². The van der Waals surface area contributed by atoms with E-state index in [4.69, 9.17) is 19.9 Å². The van der Waals surface area contributed by atoms with E-state index in [0.717, 1.165) is 51.2 Å². The molecule has 2 aromatic carbocycles. The fourth-order valence-corrected chi connectivity index (χ4v) is 3.81. The molecule has 3 fully saturated rings. The minimum Gasteiger partial charge on any atom is -0.398 e. The van der Waals surface area contributed by atoms with Crippen molar-refractivity contribution in [3.63, 3.8) is 0 Å². The molecule has 3 aliphatic rings. The molecular formula is C22H25NO3. The Morgan fingerprint density at radius 3 is 1.96 bits per heavy atom. The maximum Gasteiger partial charge on any atom is 0.0851 e. The SMILES string of the molecule is Nc1c(CC2CO2)cc(Cc2ccccc2)c(CC2CO2)c1CC1CO1. The molecule has 2 aromatic rings. The summed E-state index contributed by atoms with van der Waals surface area (Å²) < 4.78 is 16.5. The maximum absolute atomic E-state index is 6.64. The van der Waals surface area contributed by atoms with Gasteiger partial charge in [0.05, 0.1) is 38.1 Å². The fourth-order valence-electron chi connectivity index (χ4n) is 3.81. The highest BCUT2D eigenvalue weighted by Crippen LogP contribution is 2.35. The molecule has 3 saturated heterocycles. The summed E-state index contributed by atoms with van der Waals surface area (Å²) in [6.45, 7) is 2.57. The van der Waals surface area contributed by atoms with Gasteiger partial charge in [-0.15, -0.1) is 0 Å². The number of hydrogen-bond donors (Lipinski definition) is 1. The van der Waals surface area contributed by atoms with E-state index in [1.165, 1.54) is 27.8 Å². The second-order valence-corrected chi connectivity index (χ2v) is 7.71. The second-order valence-electron chi connectivity index (χ2n) is 7.71. The zero-order chi connectivity index (χ0) is 17.5. The third-order valence-electron chi connectivity index (χ3n) is 5.53. The Kier molecular flexibility index (Phi) is 4.20. The lowest BCUT2D eigenvalue weighted by molar-refractivity contribution is 0.401. The lowest BCUT2D eigenvalue weighted by Gasteiger charge is -2.20. The molecule has 0 saturated carbocycles. The van der Waals surface area contributed by atoms with Crippen LogP contribution in [0.25, 0.3) is 0 Å². The molecule has 0 aliphatic carbocycles. The predicted octanol–water partition coefficient (Wildman–Crippen LogP) is 2.68. The van der Waals surface area contributed by atoms with Gasteiger partial charge >= 0.3 is 0 Å². The minimum atomic E-state index is 0.327. The van der Waals surface area contributed by atoms with Gasteiger partial charge in [-0.1, -0.05) is 36.4 Å². The summed E-state index contributed by atoms with van der Waals surface area (Å²) in [6.07, 6.45) is 4.72. The standard InChI is InChI=1S/C22H25NO3/c23-22-16(8-17-11-24-17)7-15(6-14-4-2-1-3-5-14)20(9-18-12-25-18)21(22)10-19-13-26-19/h1-5,7,17-19H,6,8-13,23H2. The molecule has 0 bridgehead atoms. The van der Waals surface area contributed by atoms with Crippen molar-refractivity contribution in [1.82, 2.24) is 0 Å². The van der Waals surface area contributed by atoms with Gasteiger partial charge in [0.2, 0.25) is 0 Å². The van der Waals surface area contributed by atoms with Gasteiger partial charge in [-0.3, -0.25) is 0 Å². The molecule has 0 amide bonds. The first-order valence-corrected chi connectivity index (χ1v) is 9.57. The lowest BCUT2D eigenvalue weighted by atomic mass is 9.86. The Balaban J connectivity index is 1.55. The van der Waals surface area contributed by atoms with E-state index in [1.54, 1.807) is 0 Å². The smallest absolute Gasteiger partial charge is 0.0851 e. The number of ether oxygens (including phenoxy) is 3. The number of nitrogen functional groups attached to an aromatic ring is 1. The molecule has 5 rings (SSSR count). The highest BCUT2D eigenvalue weighted by atomic mass is 16.6. The van der Waals surface area contributed by atoms with Crippen molar-refractivity contribution in [2.75, 3.05) is 25.6 Å². The molecule has 0 radical (unpaired) electrons. The van der Waals surface area contributed by atoms with Crippen molar-refractivity contribution in [3.05, 3.63) is 64.2 Å². The van der Waals surface area contributed by atoms with Crippen LogP contribution in [0.4, 0.5) is 5.69 Å². The average molecular weight is 351 g/mol. The largest absolute Gasteiger partial charge is 0.398 e. The van der Waals surface area contributed by atoms with Crippen molar-refractivity contribution in [3.8, 4) is 0 Å². The molecule has 2 N–H and O–H groups in total. The summed E-state index contributed by atoms with van der Waals surface area (Å²) >= 11 is 0. The van der Waals surface area contributed by atoms with E-state index >= 15 is 0 Å². The summed E-state index contributed by atoms with van der Waals surface area (Å²) in [7, 11) is 0. The highest BCUT2D eigenvalue weighted by Gasteiger charge is 2.32. The Hall–Kier alpha value is -1.88. The molecule has 0 aromatic heterocycles. The molecule has 3 heterocycles. The normalized spacial score (nSPS) is 25.9. The first-order valence-electron chi connectivity index (χ1n) is 9.57. The highest BCUT2D eigenvalue weighted by molar-refractivity contribution is 5.61. The number of hydrogen-bond acceptors (Lipinski definition) is 4. The van der Waals surface area contributed by atoms with Crippen LogP contribution in [-0.2, 0) is 39.9 Å². The molecule has 4 nitrogen and oxygen atoms in total. The second kappa shape index (κ2) is 6.69. The number of anilines is 1. The zero-order valence-electron chi connectivity index (χ0n) is 14.9. The van der Waals surface area contributed by atoms with Crippen LogP contribution in [0.3, 0.4) is 0 Å². The topological polar surface area (TPSA) is 63.6 Å². The summed E-state index contributed by atoms with van der Waals surface area (Å²) in [5.41, 5.74) is 14.2. The molecule has 3 unspecified atom stereocenters. The lowest BCUT2D eigenvalue weighted by Crippen LogP contribution is -2.13. The average Bonchev–Trinajstić information content (AvgIpc) is 3.49. The van der Waals surface area contributed by atoms with Gasteiger partial charge in [0, 0.05) is 24.9 Å². The van der Waals surface area contributed by atoms with Crippen molar-refractivity contribution < 1.29 is 14.2 Å². The van der Waals surface area contributed by atoms with Crippen LogP contribution in [0.2, 0.25) is 0 Å². The molecule has 0 spiro atoms. The van der Waals surface area contributed by atoms with Gasteiger partial charge in [-0.05, 0) is 34.2 Å². The van der Waals surface area contributed by atoms with Crippen LogP contribution in [0.1, 0.15) is 27.8 Å². The summed E-state index contributed by atoms with van der Waals surface area (Å²) in [6, 6.07) is 13.0. The van der Waals surface area contributed by atoms with Gasteiger partial charge in [0.1, 0.15) is 0 Å². The van der Waals surface area contributed by atoms with Crippen molar-refractivity contribution >= 4 is 5.69 Å². The number of benzene rings is 2. The van der Waals surface area contributed by atoms with E-state index in [-0.39, 0.29) is 0 Å². The number of epoxide rings is 3. The van der Waals surface area contributed by atoms with Crippen LogP contribution in [0.5, 0.6) is 0 Å². The molecule has 3 atom stereocenters. The van der Waals surface area contributed by atoms with E-state index in [2.05, 4.69) is 36.4 Å². The van der Waals surface area contributed by atoms with Crippen LogP contribution in [-0.4, -0.2) is 38.1 Å². The monoisotopic (exact) mass is 351 g/mol. The van der Waals surface area contributed by atoms with Gasteiger partial charge < -0.3 is 19.9 Å². The van der Waals surface area contributed by atoms with E-state index in [0.29, 0.717) is 18.3 Å². The Morgan fingerprint density at radius 2 is 1.35 bits per heavy atom. The van der Waals surface area contributed by atoms with E-state index in [1.807, 2.05) is 0 Å². The van der Waals surface area contributed by atoms with Crippen LogP contribution >= 0.6 is 0 Å². The van der Waals surface area contributed by atoms with Gasteiger partial charge in [-0.2, -0.15) is 0 Å². The van der Waals surface area contributed by atoms with Crippen molar-refractivity contribution in [2.45, 2.75) is 44.0 Å². The first kappa shape index (κ1) is 16.3. The van der Waals surface area contributed by atoms with Gasteiger partial charge in [-0.25, -0.2) is 0 Å². The van der Waals surface area contributed by atoms with Crippen LogP contribution in [0, 0.1) is 0 Å². The molecule has 26 heavy (non-hydrogen) atoms. The van der Waals surface area contributed by atoms with Crippen LogP contribution < -0.4 is 5.73 Å². The Morgan fingerprint density at radius 1 is 0.769 bits per heavy atom. The van der Waals surface area contributed by atoms with Crippen LogP contribution in [0.15, 0.2) is 36.4 Å². The fraction of sp³-hybridized carbons (Fsp3) is 0.455. The zero-order valence-corrected chi connectivity index (χ0v) is 14.9. The van der Waals surface area contributed by atoms with Gasteiger partial charge in [0.25, 0.3) is 0 Å². The molecular weight excluding hydrogens is 326 g/mol. The summed E-state index contributed by atoms with van der Waals surface area (Å²) in [5.74, 6) is 0. The third kappa shape index (κ3) is 3.78. The molecule has 136 valence electrons. The predicted molar refractivity (Wildman–Crippen MR) is 100 cm³/mol. The third-order valence-corrected chi connectivity index (χ3v) is 5.53. The number of nitrogens with two attached hydrogens (primary N) is 1. The maximum atomic E-state index is 6.64. The molecule has 4 heteroatoms. The minimum absolute atomic E-state index is 0.327. The van der Waals surface area contributed by atoms with Crippen molar-refractivity contribution in [1.29, 1.82) is 0 Å². The van der Waals surface area contributed by atoms with Gasteiger partial charge in [0.15, 0.2) is 0 Å². The quantitative estimate of drug-likeness (QED) is 0.587. The van der Waals surface area contributed by atoms with E-state index < -0.39 is 0 Å². The molecule has 3 aliphatic heterocycles. The van der Waals surface area contributed by atoms with Crippen molar-refractivity contribution in [2.24, 2.45) is 0 Å². The summed E-state index contributed by atoms with van der Waals surface area (Å²) in [5, 5.41) is 0. The summed E-state index contributed by atoms with van der Waals surface area (Å²) in [4.78, 5) is 0. The Labute approximate surface area is 154 Å². The number of rotatable bonds is 8. The Bertz CT molecular complexity index is 793.